The van der Waals surface area contributed by atoms with Gasteiger partial charge in [-0.2, -0.15) is 0 Å². The second kappa shape index (κ2) is 5.45. The summed E-state index contributed by atoms with van der Waals surface area (Å²) in [7, 11) is -3.54. The fourth-order valence-electron chi connectivity index (χ4n) is 0.875. The molecule has 0 heterocycles. The summed E-state index contributed by atoms with van der Waals surface area (Å²) in [6.45, 7) is 0. The fraction of sp³-hybridized carbons (Fsp3) is 0.571. The Hall–Kier alpha value is -1.64. The third-order valence-electron chi connectivity index (χ3n) is 1.43. The number of sulfone groups is 1. The van der Waals surface area contributed by atoms with E-state index in [9.17, 15) is 22.8 Å². The lowest BCUT2D eigenvalue weighted by molar-refractivity contribution is -0.143. The van der Waals surface area contributed by atoms with Crippen molar-refractivity contribution in [2.24, 2.45) is 5.73 Å². The Bertz CT molecular complexity index is 401. The number of nitrogens with two attached hydrogens (primary N) is 1. The molecule has 0 fully saturated rings. The highest BCUT2D eigenvalue weighted by atomic mass is 32.2. The molecule has 0 rings (SSSR count). The van der Waals surface area contributed by atoms with Gasteiger partial charge in [-0.05, 0) is 0 Å². The van der Waals surface area contributed by atoms with Crippen molar-refractivity contribution in [3.05, 3.63) is 0 Å². The molecular weight excluding hydrogens is 240 g/mol. The number of primary amides is 1. The van der Waals surface area contributed by atoms with Gasteiger partial charge in [0, 0.05) is 6.26 Å². The first-order valence-electron chi connectivity index (χ1n) is 4.10. The van der Waals surface area contributed by atoms with E-state index in [4.69, 9.17) is 10.8 Å². The van der Waals surface area contributed by atoms with E-state index in [1.54, 1.807) is 0 Å². The molecule has 0 saturated carbocycles. The molecule has 1 atom stereocenters. The minimum atomic E-state index is -3.54. The summed E-state index contributed by atoms with van der Waals surface area (Å²) in [5.74, 6) is -4.20. The number of amides is 2. The largest absolute Gasteiger partial charge is 0.480 e. The maximum absolute atomic E-state index is 11.0. The van der Waals surface area contributed by atoms with Crippen LogP contribution in [0.3, 0.4) is 0 Å². The zero-order valence-electron chi connectivity index (χ0n) is 8.47. The lowest BCUT2D eigenvalue weighted by Gasteiger charge is -2.11. The molecule has 0 aromatic heterocycles. The Morgan fingerprint density at radius 2 is 1.88 bits per heavy atom. The Morgan fingerprint density at radius 3 is 2.19 bits per heavy atom. The van der Waals surface area contributed by atoms with Crippen LogP contribution in [0.5, 0.6) is 0 Å². The summed E-state index contributed by atoms with van der Waals surface area (Å²) in [4.78, 5) is 32.1. The van der Waals surface area contributed by atoms with Gasteiger partial charge in [0.2, 0.25) is 11.8 Å². The Labute approximate surface area is 91.7 Å². The third-order valence-corrected chi connectivity index (χ3v) is 2.22. The molecule has 0 aliphatic carbocycles. The zero-order chi connectivity index (χ0) is 12.9. The molecule has 92 valence electrons. The highest BCUT2D eigenvalue weighted by Gasteiger charge is 2.23. The SMILES string of the molecule is CS(=O)(=O)CC(=O)N[C@H](CC(N)=O)C(=O)O. The quantitative estimate of drug-likeness (QED) is 0.475. The van der Waals surface area contributed by atoms with E-state index >= 15 is 0 Å². The molecule has 2 amide bonds. The predicted molar refractivity (Wildman–Crippen MR) is 53.1 cm³/mol. The molecule has 9 heteroatoms. The summed E-state index contributed by atoms with van der Waals surface area (Å²) < 4.78 is 21.4. The average molecular weight is 252 g/mol. The molecule has 16 heavy (non-hydrogen) atoms. The van der Waals surface area contributed by atoms with Crippen molar-refractivity contribution in [1.29, 1.82) is 0 Å². The number of aliphatic carboxylic acids is 1. The van der Waals surface area contributed by atoms with Gasteiger partial charge in [0.05, 0.1) is 6.42 Å². The van der Waals surface area contributed by atoms with E-state index in [1.165, 1.54) is 0 Å². The first-order valence-corrected chi connectivity index (χ1v) is 6.16. The van der Waals surface area contributed by atoms with Crippen LogP contribution in [0.15, 0.2) is 0 Å². The smallest absolute Gasteiger partial charge is 0.326 e. The Kier molecular flexibility index (Phi) is 4.89. The molecule has 0 radical (unpaired) electrons. The molecule has 0 bridgehead atoms. The minimum absolute atomic E-state index is 0.592. The van der Waals surface area contributed by atoms with E-state index in [-0.39, 0.29) is 0 Å². The van der Waals surface area contributed by atoms with Gasteiger partial charge in [-0.15, -0.1) is 0 Å². The second-order valence-corrected chi connectivity index (χ2v) is 5.34. The van der Waals surface area contributed by atoms with Gasteiger partial charge < -0.3 is 16.2 Å². The van der Waals surface area contributed by atoms with Gasteiger partial charge in [-0.3, -0.25) is 9.59 Å². The molecule has 0 aliphatic rings. The van der Waals surface area contributed by atoms with Crippen LogP contribution in [0, 0.1) is 0 Å². The van der Waals surface area contributed by atoms with Gasteiger partial charge >= 0.3 is 5.97 Å². The number of nitrogens with one attached hydrogen (secondary N) is 1. The molecule has 8 nitrogen and oxygen atoms in total. The van der Waals surface area contributed by atoms with Gasteiger partial charge in [-0.25, -0.2) is 13.2 Å². The van der Waals surface area contributed by atoms with E-state index in [0.29, 0.717) is 0 Å². The minimum Gasteiger partial charge on any atom is -0.480 e. The number of hydrogen-bond donors (Lipinski definition) is 3. The van der Waals surface area contributed by atoms with Crippen molar-refractivity contribution in [2.45, 2.75) is 12.5 Å². The topological polar surface area (TPSA) is 144 Å². The molecule has 0 spiro atoms. The second-order valence-electron chi connectivity index (χ2n) is 3.20. The van der Waals surface area contributed by atoms with Gasteiger partial charge in [0.25, 0.3) is 0 Å². The first-order chi connectivity index (χ1) is 7.11. The summed E-state index contributed by atoms with van der Waals surface area (Å²) in [6, 6.07) is -1.51. The highest BCUT2D eigenvalue weighted by Crippen LogP contribution is 1.93. The van der Waals surface area contributed by atoms with E-state index < -0.39 is 45.8 Å². The number of hydrogen-bond acceptors (Lipinski definition) is 5. The lowest BCUT2D eigenvalue weighted by atomic mass is 10.2. The van der Waals surface area contributed by atoms with Crippen molar-refractivity contribution in [2.75, 3.05) is 12.0 Å². The van der Waals surface area contributed by atoms with Gasteiger partial charge in [0.15, 0.2) is 9.84 Å². The number of rotatable bonds is 6. The van der Waals surface area contributed by atoms with Crippen molar-refractivity contribution >= 4 is 27.6 Å². The maximum Gasteiger partial charge on any atom is 0.326 e. The van der Waals surface area contributed by atoms with Crippen LogP contribution in [0.25, 0.3) is 0 Å². The monoisotopic (exact) mass is 252 g/mol. The van der Waals surface area contributed by atoms with Crippen LogP contribution < -0.4 is 11.1 Å². The standard InChI is InChI=1S/C7H12N2O6S/c1-16(14,15)3-6(11)9-4(7(12)13)2-5(8)10/h4H,2-3H2,1H3,(H2,8,10)(H,9,11)(H,12,13)/t4-/m1/s1. The van der Waals surface area contributed by atoms with Crippen molar-refractivity contribution in [3.63, 3.8) is 0 Å². The van der Waals surface area contributed by atoms with Crippen molar-refractivity contribution in [1.82, 2.24) is 5.32 Å². The maximum atomic E-state index is 11.0. The van der Waals surface area contributed by atoms with Crippen LogP contribution in [0.4, 0.5) is 0 Å². The van der Waals surface area contributed by atoms with Crippen molar-refractivity contribution < 1.29 is 27.9 Å². The predicted octanol–water partition coefficient (Wildman–Crippen LogP) is -2.52. The molecular formula is C7H12N2O6S. The average Bonchev–Trinajstić information content (AvgIpc) is 1.97. The number of carboxylic acid groups (broad SMARTS) is 1. The molecule has 0 unspecified atom stereocenters. The third kappa shape index (κ3) is 6.76. The van der Waals surface area contributed by atoms with Gasteiger partial charge in [0.1, 0.15) is 11.8 Å². The van der Waals surface area contributed by atoms with Crippen molar-refractivity contribution in [3.8, 4) is 0 Å². The molecule has 0 saturated heterocycles. The van der Waals surface area contributed by atoms with Crippen LogP contribution in [0.2, 0.25) is 0 Å². The Balaban J connectivity index is 4.47. The summed E-state index contributed by atoms with van der Waals surface area (Å²) >= 11 is 0. The highest BCUT2D eigenvalue weighted by molar-refractivity contribution is 7.91. The molecule has 4 N–H and O–H groups in total. The molecule has 0 aromatic rings. The zero-order valence-corrected chi connectivity index (χ0v) is 9.28. The van der Waals surface area contributed by atoms with Gasteiger partial charge in [-0.1, -0.05) is 0 Å². The summed E-state index contributed by atoms with van der Waals surface area (Å²) in [6.07, 6.45) is 0.237. The van der Waals surface area contributed by atoms with Crippen LogP contribution in [0.1, 0.15) is 6.42 Å². The first kappa shape index (κ1) is 14.4. The van der Waals surface area contributed by atoms with E-state index in [2.05, 4.69) is 0 Å². The normalized spacial score (nSPS) is 12.8. The molecule has 0 aromatic carbocycles. The molecule has 0 aliphatic heterocycles. The lowest BCUT2D eigenvalue weighted by Crippen LogP contribution is -2.45. The fourth-order valence-corrected chi connectivity index (χ4v) is 1.43. The van der Waals surface area contributed by atoms with Crippen LogP contribution in [-0.2, 0) is 24.2 Å². The van der Waals surface area contributed by atoms with E-state index in [1.807, 2.05) is 5.32 Å². The van der Waals surface area contributed by atoms with Crippen LogP contribution >= 0.6 is 0 Å². The van der Waals surface area contributed by atoms with Crippen LogP contribution in [-0.4, -0.2) is 49.4 Å². The number of carbonyl (C=O) groups is 3. The number of carboxylic acids is 1. The van der Waals surface area contributed by atoms with E-state index in [0.717, 1.165) is 6.26 Å². The Morgan fingerprint density at radius 1 is 1.38 bits per heavy atom. The number of carbonyl (C=O) groups excluding carboxylic acids is 2. The summed E-state index contributed by atoms with van der Waals surface area (Å²) in [5, 5.41) is 10.5. The summed E-state index contributed by atoms with van der Waals surface area (Å²) in [5.41, 5.74) is 4.76.